The van der Waals surface area contributed by atoms with Gasteiger partial charge in [0.1, 0.15) is 0 Å². The fourth-order valence-corrected chi connectivity index (χ4v) is 12.2. The molecule has 0 aliphatic carbocycles. The molecule has 0 unspecified atom stereocenters. The highest BCUT2D eigenvalue weighted by molar-refractivity contribution is 7.00. The maximum atomic E-state index is 2.69. The summed E-state index contributed by atoms with van der Waals surface area (Å²) in [7, 11) is 0. The van der Waals surface area contributed by atoms with Crippen molar-refractivity contribution in [3.8, 4) is 22.3 Å². The Kier molecular flexibility index (Phi) is 12.1. The van der Waals surface area contributed by atoms with E-state index < -0.39 is 0 Å². The molecule has 9 aromatic carbocycles. The number of nitrogens with zero attached hydrogens (tertiary/aromatic N) is 2. The summed E-state index contributed by atoms with van der Waals surface area (Å²) in [6.07, 6.45) is 0. The Bertz CT molecular complexity index is 3520. The zero-order valence-electron chi connectivity index (χ0n) is 49.6. The van der Waals surface area contributed by atoms with Gasteiger partial charge in [-0.15, -0.1) is 0 Å². The summed E-state index contributed by atoms with van der Waals surface area (Å²) < 4.78 is 0. The Hall–Kier alpha value is -6.84. The molecule has 11 rings (SSSR count). The third kappa shape index (κ3) is 9.30. The molecule has 2 heterocycles. The number of hydrogen-bond acceptors (Lipinski definition) is 2. The summed E-state index contributed by atoms with van der Waals surface area (Å²) in [5, 5.41) is 5.00. The monoisotopic (exact) mass is 1010 g/mol. The van der Waals surface area contributed by atoms with Crippen molar-refractivity contribution in [1.82, 2.24) is 0 Å². The Balaban J connectivity index is 1.37. The summed E-state index contributed by atoms with van der Waals surface area (Å²) in [4.78, 5) is 5.38. The quantitative estimate of drug-likeness (QED) is 0.162. The first-order chi connectivity index (χ1) is 35.9. The van der Waals surface area contributed by atoms with E-state index in [1.807, 2.05) is 0 Å². The molecule has 2 aliphatic heterocycles. The largest absolute Gasteiger partial charge is 0.311 e. The maximum Gasteiger partial charge on any atom is 0.252 e. The van der Waals surface area contributed by atoms with Crippen LogP contribution in [-0.2, 0) is 32.5 Å². The molecule has 0 radical (unpaired) electrons. The molecule has 0 N–H and O–H groups in total. The van der Waals surface area contributed by atoms with Gasteiger partial charge in [0.15, 0.2) is 0 Å². The van der Waals surface area contributed by atoms with Crippen molar-refractivity contribution in [1.29, 1.82) is 0 Å². The van der Waals surface area contributed by atoms with Crippen LogP contribution in [0, 0.1) is 0 Å². The molecule has 3 heteroatoms. The molecule has 0 saturated heterocycles. The van der Waals surface area contributed by atoms with Gasteiger partial charge in [0.25, 0.3) is 6.71 Å². The van der Waals surface area contributed by atoms with Gasteiger partial charge in [0.2, 0.25) is 0 Å². The number of anilines is 6. The molecule has 0 saturated carbocycles. The summed E-state index contributed by atoms with van der Waals surface area (Å²) in [5.41, 5.74) is 23.7. The molecule has 0 atom stereocenters. The van der Waals surface area contributed by atoms with E-state index in [1.165, 1.54) is 128 Å². The lowest BCUT2D eigenvalue weighted by molar-refractivity contribution is 0.568. The van der Waals surface area contributed by atoms with E-state index in [-0.39, 0.29) is 39.2 Å². The zero-order valence-corrected chi connectivity index (χ0v) is 49.6. The minimum atomic E-state index is -0.197. The standard InChI is InChI=1S/C74H81BN2/c1-69(2,3)53-40-54(70(4,5)6)43-57(42-53)76-63-36-49-30-24-22-28-47(49)34-61(63)75-62-35-48-29-23-25-31-50(48)37-64(62)77(58-44-55(71(7,8)9)41-56(45-58)72(10,11)12)66-39-52(38-65(76)68(66)75)67-59(73(13,14)15)32-51(33-60(67)74(16,17)18)46-26-20-19-21-27-46/h19-45H,1-18H3. The van der Waals surface area contributed by atoms with E-state index in [4.69, 9.17) is 0 Å². The molecule has 0 bridgehead atoms. The van der Waals surface area contributed by atoms with E-state index in [0.29, 0.717) is 0 Å². The van der Waals surface area contributed by atoms with Gasteiger partial charge < -0.3 is 9.80 Å². The SMILES string of the molecule is CC(C)(C)c1cc(N2c3cc4ccccc4cc3B3c4cc5ccccc5cc4N(c4cc(C(C)(C)C)cc(C(C)(C)C)c4)c4cc(-c5c(C(C)(C)C)cc(-c6ccccc6)cc5C(C)(C)C)cc2c43)cc(C(C)(C)C)c1. The van der Waals surface area contributed by atoms with Crippen molar-refractivity contribution in [3.05, 3.63) is 197 Å². The molecule has 0 aromatic heterocycles. The lowest BCUT2D eigenvalue weighted by Gasteiger charge is -2.45. The van der Waals surface area contributed by atoms with Gasteiger partial charge in [-0.3, -0.25) is 0 Å². The first-order valence-electron chi connectivity index (χ1n) is 28.4. The summed E-state index contributed by atoms with van der Waals surface area (Å²) in [6.45, 7) is 42.8. The Morgan fingerprint density at radius 1 is 0.286 bits per heavy atom. The zero-order chi connectivity index (χ0) is 55.1. The van der Waals surface area contributed by atoms with Crippen LogP contribution in [0.1, 0.15) is 158 Å². The predicted molar refractivity (Wildman–Crippen MR) is 339 cm³/mol. The van der Waals surface area contributed by atoms with Gasteiger partial charge in [-0.1, -0.05) is 228 Å². The van der Waals surface area contributed by atoms with Crippen molar-refractivity contribution < 1.29 is 0 Å². The molecule has 9 aromatic rings. The van der Waals surface area contributed by atoms with Crippen LogP contribution < -0.4 is 26.2 Å². The van der Waals surface area contributed by atoms with E-state index in [0.717, 1.165) is 0 Å². The predicted octanol–water partition coefficient (Wildman–Crippen LogP) is 19.2. The second-order valence-corrected chi connectivity index (χ2v) is 28.9. The van der Waals surface area contributed by atoms with Crippen molar-refractivity contribution >= 4 is 78.8 Å². The van der Waals surface area contributed by atoms with E-state index in [9.17, 15) is 0 Å². The van der Waals surface area contributed by atoms with Gasteiger partial charge in [-0.2, -0.15) is 0 Å². The van der Waals surface area contributed by atoms with Crippen molar-refractivity contribution in [2.45, 2.75) is 157 Å². The normalized spacial score (nSPS) is 14.0. The topological polar surface area (TPSA) is 6.48 Å². The molecule has 2 nitrogen and oxygen atoms in total. The van der Waals surface area contributed by atoms with Gasteiger partial charge >= 0.3 is 0 Å². The van der Waals surface area contributed by atoms with E-state index in [2.05, 4.69) is 298 Å². The van der Waals surface area contributed by atoms with Crippen LogP contribution in [-0.4, -0.2) is 6.71 Å². The van der Waals surface area contributed by atoms with Crippen molar-refractivity contribution in [2.75, 3.05) is 9.80 Å². The summed E-state index contributed by atoms with van der Waals surface area (Å²) >= 11 is 0. The molecular weight excluding hydrogens is 928 g/mol. The molecular formula is C74H81BN2. The highest BCUT2D eigenvalue weighted by Crippen LogP contribution is 2.52. The fourth-order valence-electron chi connectivity index (χ4n) is 12.2. The maximum absolute atomic E-state index is 2.69. The lowest BCUT2D eigenvalue weighted by Crippen LogP contribution is -2.61. The number of rotatable bonds is 4. The minimum absolute atomic E-state index is 0.0637. The van der Waals surface area contributed by atoms with Crippen LogP contribution >= 0.6 is 0 Å². The van der Waals surface area contributed by atoms with Crippen LogP contribution in [0.5, 0.6) is 0 Å². The van der Waals surface area contributed by atoms with Crippen LogP contribution in [0.3, 0.4) is 0 Å². The Morgan fingerprint density at radius 3 is 0.961 bits per heavy atom. The highest BCUT2D eigenvalue weighted by Gasteiger charge is 2.45. The second kappa shape index (κ2) is 17.9. The third-order valence-corrected chi connectivity index (χ3v) is 16.8. The van der Waals surface area contributed by atoms with E-state index >= 15 is 0 Å². The smallest absolute Gasteiger partial charge is 0.252 e. The van der Waals surface area contributed by atoms with Crippen LogP contribution in [0.4, 0.5) is 34.1 Å². The van der Waals surface area contributed by atoms with Crippen molar-refractivity contribution in [3.63, 3.8) is 0 Å². The first-order valence-corrected chi connectivity index (χ1v) is 28.4. The van der Waals surface area contributed by atoms with Gasteiger partial charge in [-0.25, -0.2) is 0 Å². The van der Waals surface area contributed by atoms with Crippen molar-refractivity contribution in [2.24, 2.45) is 0 Å². The highest BCUT2D eigenvalue weighted by atomic mass is 15.2. The van der Waals surface area contributed by atoms with Gasteiger partial charge in [0.05, 0.1) is 0 Å². The van der Waals surface area contributed by atoms with Gasteiger partial charge in [0, 0.05) is 34.1 Å². The molecule has 0 fully saturated rings. The van der Waals surface area contributed by atoms with Crippen LogP contribution in [0.25, 0.3) is 43.8 Å². The molecule has 390 valence electrons. The number of benzene rings is 9. The van der Waals surface area contributed by atoms with Crippen LogP contribution in [0.15, 0.2) is 164 Å². The second-order valence-electron chi connectivity index (χ2n) is 28.9. The van der Waals surface area contributed by atoms with E-state index in [1.54, 1.807) is 0 Å². The first kappa shape index (κ1) is 52.2. The molecule has 0 amide bonds. The number of hydrogen-bond donors (Lipinski definition) is 0. The fraction of sp³-hybridized carbons (Fsp3) is 0.324. The molecule has 2 aliphatic rings. The van der Waals surface area contributed by atoms with Gasteiger partial charge in [-0.05, 0) is 187 Å². The number of fused-ring (bicyclic) bond motifs is 6. The average molecular weight is 1010 g/mol. The minimum Gasteiger partial charge on any atom is -0.311 e. The molecule has 0 spiro atoms. The average Bonchev–Trinajstić information content (AvgIpc) is 3.49. The lowest BCUT2D eigenvalue weighted by atomic mass is 9.33. The summed E-state index contributed by atoms with van der Waals surface area (Å²) in [5.74, 6) is 0. The Labute approximate surface area is 462 Å². The third-order valence-electron chi connectivity index (χ3n) is 16.8. The summed E-state index contributed by atoms with van der Waals surface area (Å²) in [6, 6.07) is 64.3. The molecule has 77 heavy (non-hydrogen) atoms. The Morgan fingerprint density at radius 2 is 0.623 bits per heavy atom. The van der Waals surface area contributed by atoms with Crippen LogP contribution in [0.2, 0.25) is 0 Å².